The van der Waals surface area contributed by atoms with Crippen LogP contribution in [-0.2, 0) is 10.0 Å². The Balaban J connectivity index is 4.12. The molecule has 4 nitrogen and oxygen atoms in total. The summed E-state index contributed by atoms with van der Waals surface area (Å²) >= 11 is 4.51. The zero-order valence-corrected chi connectivity index (χ0v) is 7.50. The first kappa shape index (κ1) is 9.80. The molecule has 60 valence electrons. The van der Waals surface area contributed by atoms with Crippen LogP contribution in [0.2, 0.25) is 0 Å². The van der Waals surface area contributed by atoms with E-state index in [0.29, 0.717) is 0 Å². The molecule has 0 radical (unpaired) electrons. The molecule has 6 heteroatoms. The predicted molar refractivity (Wildman–Crippen MR) is 44.3 cm³/mol. The van der Waals surface area contributed by atoms with Gasteiger partial charge in [0.15, 0.2) is 0 Å². The molecule has 0 atom stereocenters. The van der Waals surface area contributed by atoms with Crippen molar-refractivity contribution in [2.24, 2.45) is 5.73 Å². The first-order valence-corrected chi connectivity index (χ1v) is 4.79. The molecule has 0 fully saturated rings. The van der Waals surface area contributed by atoms with Gasteiger partial charge < -0.3 is 5.73 Å². The highest BCUT2D eigenvalue weighted by Gasteiger charge is 2.10. The third kappa shape index (κ3) is 3.76. The lowest BCUT2D eigenvalue weighted by Crippen LogP contribution is -2.33. The van der Waals surface area contributed by atoms with Crippen LogP contribution in [0.15, 0.2) is 0 Å². The van der Waals surface area contributed by atoms with Crippen LogP contribution < -0.4 is 5.73 Å². The monoisotopic (exact) mass is 182 g/mol. The third-order valence-electron chi connectivity index (χ3n) is 0.945. The number of thiocarbonyl (C=S) groups is 1. The van der Waals surface area contributed by atoms with E-state index in [4.69, 9.17) is 5.73 Å². The molecule has 0 rings (SSSR count). The molecule has 0 aliphatic rings. The van der Waals surface area contributed by atoms with Crippen LogP contribution in [0.4, 0.5) is 0 Å². The van der Waals surface area contributed by atoms with Crippen LogP contribution in [-0.4, -0.2) is 37.6 Å². The number of nitrogens with two attached hydrogens (primary N) is 1. The first-order chi connectivity index (χ1) is 4.34. The van der Waals surface area contributed by atoms with E-state index in [1.165, 1.54) is 7.05 Å². The molecule has 0 saturated carbocycles. The molecule has 2 N–H and O–H groups in total. The Bertz CT molecular complexity index is 221. The van der Waals surface area contributed by atoms with Gasteiger partial charge in [-0.15, -0.1) is 0 Å². The van der Waals surface area contributed by atoms with Crippen LogP contribution >= 0.6 is 12.2 Å². The molecule has 0 aliphatic heterocycles. The van der Waals surface area contributed by atoms with Gasteiger partial charge in [0.2, 0.25) is 10.0 Å². The van der Waals surface area contributed by atoms with Crippen LogP contribution in [0.5, 0.6) is 0 Å². The maximum Gasteiger partial charge on any atom is 0.211 e. The number of likely N-dealkylation sites (N-methyl/N-ethyl adjacent to an activating group) is 1. The average molecular weight is 182 g/mol. The number of sulfonamides is 1. The fraction of sp³-hybridized carbons (Fsp3) is 0.750. The summed E-state index contributed by atoms with van der Waals surface area (Å²) in [5.74, 6) is 0. The summed E-state index contributed by atoms with van der Waals surface area (Å²) in [6, 6.07) is 0. The Morgan fingerprint density at radius 2 is 2.10 bits per heavy atom. The van der Waals surface area contributed by atoms with Crippen molar-refractivity contribution in [3.63, 3.8) is 0 Å². The Morgan fingerprint density at radius 3 is 2.20 bits per heavy atom. The summed E-state index contributed by atoms with van der Waals surface area (Å²) in [5.41, 5.74) is 5.12. The maximum atomic E-state index is 10.7. The summed E-state index contributed by atoms with van der Waals surface area (Å²) in [6.07, 6.45) is 1.10. The topological polar surface area (TPSA) is 63.4 Å². The summed E-state index contributed by atoms with van der Waals surface area (Å²) in [6.45, 7) is 0.105. The quantitative estimate of drug-likeness (QED) is 0.578. The number of hydrogen-bond donors (Lipinski definition) is 1. The van der Waals surface area contributed by atoms with Crippen molar-refractivity contribution in [1.82, 2.24) is 4.31 Å². The maximum absolute atomic E-state index is 10.7. The third-order valence-corrected chi connectivity index (χ3v) is 2.34. The van der Waals surface area contributed by atoms with Gasteiger partial charge in [0.05, 0.1) is 17.8 Å². The minimum atomic E-state index is -3.13. The van der Waals surface area contributed by atoms with Crippen LogP contribution in [0.1, 0.15) is 0 Å². The van der Waals surface area contributed by atoms with E-state index in [1.54, 1.807) is 0 Å². The molecular formula is C4H10N2O2S2. The fourth-order valence-corrected chi connectivity index (χ4v) is 0.986. The number of nitrogens with zero attached hydrogens (tertiary/aromatic N) is 1. The predicted octanol–water partition coefficient (Wildman–Crippen LogP) is -0.836. The molecule has 0 spiro atoms. The van der Waals surface area contributed by atoms with Crippen molar-refractivity contribution in [3.05, 3.63) is 0 Å². The van der Waals surface area contributed by atoms with E-state index in [-0.39, 0.29) is 11.5 Å². The lowest BCUT2D eigenvalue weighted by Gasteiger charge is -2.11. The van der Waals surface area contributed by atoms with Crippen molar-refractivity contribution >= 4 is 27.2 Å². The second kappa shape index (κ2) is 3.27. The molecular weight excluding hydrogens is 172 g/mol. The zero-order valence-electron chi connectivity index (χ0n) is 5.86. The van der Waals surface area contributed by atoms with Gasteiger partial charge in [-0.2, -0.15) is 4.31 Å². The summed E-state index contributed by atoms with van der Waals surface area (Å²) < 4.78 is 22.4. The van der Waals surface area contributed by atoms with Gasteiger partial charge in [-0.1, -0.05) is 12.2 Å². The molecule has 0 saturated heterocycles. The summed E-state index contributed by atoms with van der Waals surface area (Å²) in [5, 5.41) is 0. The Labute approximate surface area is 66.1 Å². The minimum absolute atomic E-state index is 0.105. The van der Waals surface area contributed by atoms with Crippen molar-refractivity contribution in [2.45, 2.75) is 0 Å². The van der Waals surface area contributed by atoms with Gasteiger partial charge in [-0.05, 0) is 0 Å². The van der Waals surface area contributed by atoms with E-state index >= 15 is 0 Å². The molecule has 0 aromatic rings. The zero-order chi connectivity index (χ0) is 8.36. The number of hydrogen-bond acceptors (Lipinski definition) is 3. The first-order valence-electron chi connectivity index (χ1n) is 2.53. The van der Waals surface area contributed by atoms with Gasteiger partial charge in [0.1, 0.15) is 0 Å². The van der Waals surface area contributed by atoms with Crippen LogP contribution in [0, 0.1) is 0 Å². The van der Waals surface area contributed by atoms with Crippen LogP contribution in [0.3, 0.4) is 0 Å². The Morgan fingerprint density at radius 1 is 1.70 bits per heavy atom. The molecule has 0 bridgehead atoms. The standard InChI is InChI=1S/C4H10N2O2S2/c1-6(3-4(5)9)10(2,7)8/h3H2,1-2H3,(H2,5,9). The van der Waals surface area contributed by atoms with Crippen molar-refractivity contribution in [2.75, 3.05) is 19.8 Å². The van der Waals surface area contributed by atoms with Gasteiger partial charge in [0, 0.05) is 7.05 Å². The molecule has 0 aliphatic carbocycles. The van der Waals surface area contributed by atoms with Crippen molar-refractivity contribution in [1.29, 1.82) is 0 Å². The van der Waals surface area contributed by atoms with Gasteiger partial charge in [0.25, 0.3) is 0 Å². The molecule has 0 amide bonds. The van der Waals surface area contributed by atoms with Crippen molar-refractivity contribution < 1.29 is 8.42 Å². The molecule has 0 unspecified atom stereocenters. The highest BCUT2D eigenvalue weighted by Crippen LogP contribution is 1.90. The van der Waals surface area contributed by atoms with E-state index < -0.39 is 10.0 Å². The second-order valence-electron chi connectivity index (χ2n) is 1.99. The van der Waals surface area contributed by atoms with E-state index in [9.17, 15) is 8.42 Å². The van der Waals surface area contributed by atoms with E-state index in [0.717, 1.165) is 10.6 Å². The minimum Gasteiger partial charge on any atom is -0.392 e. The number of rotatable bonds is 3. The second-order valence-corrected chi connectivity index (χ2v) is 4.60. The van der Waals surface area contributed by atoms with Gasteiger partial charge >= 0.3 is 0 Å². The highest BCUT2D eigenvalue weighted by molar-refractivity contribution is 7.88. The highest BCUT2D eigenvalue weighted by atomic mass is 32.2. The van der Waals surface area contributed by atoms with Crippen LogP contribution in [0.25, 0.3) is 0 Å². The van der Waals surface area contributed by atoms with E-state index in [1.807, 2.05) is 0 Å². The molecule has 10 heavy (non-hydrogen) atoms. The average Bonchev–Trinajstić information content (AvgIpc) is 1.60. The normalized spacial score (nSPS) is 11.9. The largest absolute Gasteiger partial charge is 0.392 e. The van der Waals surface area contributed by atoms with Gasteiger partial charge in [-0.3, -0.25) is 0 Å². The van der Waals surface area contributed by atoms with Crippen molar-refractivity contribution in [3.8, 4) is 0 Å². The lowest BCUT2D eigenvalue weighted by atomic mass is 10.7. The van der Waals surface area contributed by atoms with Gasteiger partial charge in [-0.25, -0.2) is 8.42 Å². The Hall–Kier alpha value is -0.200. The summed E-state index contributed by atoms with van der Waals surface area (Å²) in [7, 11) is -1.71. The van der Waals surface area contributed by atoms with E-state index in [2.05, 4.69) is 12.2 Å². The molecule has 0 aromatic heterocycles. The SMILES string of the molecule is CN(CC(N)=S)S(C)(=O)=O. The molecule has 0 heterocycles. The summed E-state index contributed by atoms with van der Waals surface area (Å²) in [4.78, 5) is 0.174. The lowest BCUT2D eigenvalue weighted by molar-refractivity contribution is 0.512. The Kier molecular flexibility index (Phi) is 3.20. The fourth-order valence-electron chi connectivity index (χ4n) is 0.337. The molecule has 0 aromatic carbocycles. The smallest absolute Gasteiger partial charge is 0.211 e.